The minimum Gasteiger partial charge on any atom is -0.503 e. The minimum absolute atomic E-state index is 0.0146. The number of nitrogens with zero attached hydrogens (tertiary/aromatic N) is 2. The Morgan fingerprint density at radius 2 is 1.96 bits per heavy atom. The van der Waals surface area contributed by atoms with E-state index in [1.165, 1.54) is 27.6 Å². The summed E-state index contributed by atoms with van der Waals surface area (Å²) in [7, 11) is 0. The van der Waals surface area contributed by atoms with Crippen LogP contribution in [0.4, 0.5) is 5.13 Å². The van der Waals surface area contributed by atoms with Crippen molar-refractivity contribution >= 4 is 51.1 Å². The number of thiophene rings is 1. The van der Waals surface area contributed by atoms with Crippen LogP contribution in [0.5, 0.6) is 0 Å². The maximum atomic E-state index is 13.0. The number of carbonyl (C=O) groups is 2. The van der Waals surface area contributed by atoms with Crippen LogP contribution < -0.4 is 4.90 Å². The number of Topliss-reactive ketones (excluding diaryl/α,β-unsaturated/α-hetero) is 1. The van der Waals surface area contributed by atoms with Crippen LogP contribution in [-0.4, -0.2) is 21.8 Å². The second-order valence-electron chi connectivity index (χ2n) is 5.48. The van der Waals surface area contributed by atoms with Crippen LogP contribution in [0, 0.1) is 0 Å². The van der Waals surface area contributed by atoms with Gasteiger partial charge in [0.25, 0.3) is 5.91 Å². The van der Waals surface area contributed by atoms with Crippen molar-refractivity contribution in [1.82, 2.24) is 4.98 Å². The molecule has 5 nitrogen and oxygen atoms in total. The number of anilines is 1. The fourth-order valence-corrected chi connectivity index (χ4v) is 4.48. The highest BCUT2D eigenvalue weighted by Crippen LogP contribution is 2.44. The van der Waals surface area contributed by atoms with E-state index in [0.717, 1.165) is 0 Å². The lowest BCUT2D eigenvalue weighted by Gasteiger charge is -2.25. The van der Waals surface area contributed by atoms with Gasteiger partial charge in [0, 0.05) is 16.6 Å². The summed E-state index contributed by atoms with van der Waals surface area (Å²) in [6.45, 7) is 0. The van der Waals surface area contributed by atoms with Crippen molar-refractivity contribution in [2.24, 2.45) is 0 Å². The number of benzene rings is 1. The van der Waals surface area contributed by atoms with E-state index in [4.69, 9.17) is 11.6 Å². The third-order valence-electron chi connectivity index (χ3n) is 4.02. The number of thiazole rings is 1. The zero-order chi connectivity index (χ0) is 18.3. The lowest BCUT2D eigenvalue weighted by Crippen LogP contribution is -2.31. The fourth-order valence-electron chi connectivity index (χ4n) is 2.90. The van der Waals surface area contributed by atoms with Gasteiger partial charge in [0.05, 0.1) is 16.5 Å². The van der Waals surface area contributed by atoms with Crippen molar-refractivity contribution in [3.63, 3.8) is 0 Å². The molecule has 0 radical (unpaired) electrons. The first-order chi connectivity index (χ1) is 12.6. The fraction of sp³-hybridized carbons (Fsp3) is 0.0556. The van der Waals surface area contributed by atoms with E-state index in [0.29, 0.717) is 20.6 Å². The van der Waals surface area contributed by atoms with Gasteiger partial charge in [0.15, 0.2) is 10.9 Å². The summed E-state index contributed by atoms with van der Waals surface area (Å²) in [5.41, 5.74) is 0.572. The quantitative estimate of drug-likeness (QED) is 0.645. The Bertz CT molecular complexity index is 1010. The summed E-state index contributed by atoms with van der Waals surface area (Å²) < 4.78 is 0. The zero-order valence-electron chi connectivity index (χ0n) is 13.1. The summed E-state index contributed by atoms with van der Waals surface area (Å²) in [6.07, 6.45) is 1.56. The maximum Gasteiger partial charge on any atom is 0.296 e. The van der Waals surface area contributed by atoms with Crippen LogP contribution in [0.15, 0.2) is 64.7 Å². The molecule has 130 valence electrons. The van der Waals surface area contributed by atoms with Gasteiger partial charge in [-0.1, -0.05) is 35.9 Å². The van der Waals surface area contributed by atoms with Gasteiger partial charge in [0.2, 0.25) is 5.78 Å². The van der Waals surface area contributed by atoms with E-state index in [2.05, 4.69) is 4.98 Å². The molecule has 3 aromatic rings. The van der Waals surface area contributed by atoms with E-state index >= 15 is 0 Å². The number of amides is 1. The predicted molar refractivity (Wildman–Crippen MR) is 102 cm³/mol. The second kappa shape index (κ2) is 6.68. The van der Waals surface area contributed by atoms with Crippen LogP contribution in [0.3, 0.4) is 0 Å². The molecular weight excluding hydrogens is 392 g/mol. The summed E-state index contributed by atoms with van der Waals surface area (Å²) in [4.78, 5) is 31.7. The van der Waals surface area contributed by atoms with E-state index < -0.39 is 23.5 Å². The van der Waals surface area contributed by atoms with Gasteiger partial charge in [-0.15, -0.1) is 22.7 Å². The van der Waals surface area contributed by atoms with Gasteiger partial charge in [-0.25, -0.2) is 4.98 Å². The van der Waals surface area contributed by atoms with Crippen LogP contribution in [-0.2, 0) is 4.79 Å². The van der Waals surface area contributed by atoms with Gasteiger partial charge >= 0.3 is 0 Å². The van der Waals surface area contributed by atoms with Crippen molar-refractivity contribution in [2.75, 3.05) is 4.90 Å². The standard InChI is InChI=1S/C18H11ClN2O3S2/c19-11-5-2-1-4-10(11)14-13(15(22)12-6-3-8-25-12)16(23)17(24)21(14)18-20-7-9-26-18/h1-9,14,23H/t14-/m1/s1. The van der Waals surface area contributed by atoms with Gasteiger partial charge in [-0.2, -0.15) is 0 Å². The Morgan fingerprint density at radius 3 is 2.62 bits per heavy atom. The second-order valence-corrected chi connectivity index (χ2v) is 7.71. The highest BCUT2D eigenvalue weighted by Gasteiger charge is 2.46. The first-order valence-electron chi connectivity index (χ1n) is 7.58. The Morgan fingerprint density at radius 1 is 1.15 bits per heavy atom. The molecular formula is C18H11ClN2O3S2. The molecule has 8 heteroatoms. The maximum absolute atomic E-state index is 13.0. The molecule has 1 atom stereocenters. The lowest BCUT2D eigenvalue weighted by atomic mass is 9.95. The van der Waals surface area contributed by atoms with Crippen molar-refractivity contribution in [3.05, 3.63) is 80.2 Å². The van der Waals surface area contributed by atoms with Crippen LogP contribution >= 0.6 is 34.3 Å². The number of aliphatic hydroxyl groups is 1. The number of halogens is 1. The largest absolute Gasteiger partial charge is 0.503 e. The number of hydrogen-bond acceptors (Lipinski definition) is 6. The Hall–Kier alpha value is -2.48. The molecule has 2 aromatic heterocycles. The van der Waals surface area contributed by atoms with Crippen LogP contribution in [0.2, 0.25) is 5.02 Å². The molecule has 26 heavy (non-hydrogen) atoms. The topological polar surface area (TPSA) is 70.5 Å². The molecule has 0 saturated carbocycles. The molecule has 0 spiro atoms. The predicted octanol–water partition coefficient (Wildman–Crippen LogP) is 4.64. The monoisotopic (exact) mass is 402 g/mol. The van der Waals surface area contributed by atoms with E-state index in [9.17, 15) is 14.7 Å². The Labute approximate surface area is 161 Å². The normalized spacial score (nSPS) is 17.2. The first kappa shape index (κ1) is 17.0. The van der Waals surface area contributed by atoms with Crippen molar-refractivity contribution in [2.45, 2.75) is 6.04 Å². The number of aromatic nitrogens is 1. The van der Waals surface area contributed by atoms with Gasteiger partial charge in [-0.05, 0) is 23.1 Å². The number of hydrogen-bond donors (Lipinski definition) is 1. The molecule has 0 fully saturated rings. The van der Waals surface area contributed by atoms with E-state index in [1.54, 1.807) is 53.4 Å². The molecule has 0 saturated heterocycles. The van der Waals surface area contributed by atoms with Crippen molar-refractivity contribution < 1.29 is 14.7 Å². The molecule has 1 aromatic carbocycles. The lowest BCUT2D eigenvalue weighted by molar-refractivity contribution is -0.117. The minimum atomic E-state index is -0.836. The molecule has 1 aliphatic rings. The van der Waals surface area contributed by atoms with Gasteiger partial charge in [-0.3, -0.25) is 14.5 Å². The third kappa shape index (κ3) is 2.65. The summed E-state index contributed by atoms with van der Waals surface area (Å²) in [5.74, 6) is -1.62. The molecule has 0 bridgehead atoms. The number of rotatable bonds is 4. The smallest absolute Gasteiger partial charge is 0.296 e. The highest BCUT2D eigenvalue weighted by atomic mass is 35.5. The Balaban J connectivity index is 1.91. The summed E-state index contributed by atoms with van der Waals surface area (Å²) in [6, 6.07) is 9.53. The van der Waals surface area contributed by atoms with Gasteiger partial charge < -0.3 is 5.11 Å². The van der Waals surface area contributed by atoms with Crippen LogP contribution in [0.1, 0.15) is 21.3 Å². The van der Waals surface area contributed by atoms with Crippen molar-refractivity contribution in [3.8, 4) is 0 Å². The third-order valence-corrected chi connectivity index (χ3v) is 6.01. The average Bonchev–Trinajstić information content (AvgIpc) is 3.37. The molecule has 4 rings (SSSR count). The molecule has 1 aliphatic heterocycles. The molecule has 3 heterocycles. The molecule has 1 amide bonds. The van der Waals surface area contributed by atoms with Crippen LogP contribution in [0.25, 0.3) is 0 Å². The highest BCUT2D eigenvalue weighted by molar-refractivity contribution is 7.14. The zero-order valence-corrected chi connectivity index (χ0v) is 15.5. The summed E-state index contributed by atoms with van der Waals surface area (Å²) >= 11 is 8.85. The molecule has 0 unspecified atom stereocenters. The molecule has 1 N–H and O–H groups in total. The van der Waals surface area contributed by atoms with E-state index in [-0.39, 0.29) is 5.57 Å². The Kier molecular flexibility index (Phi) is 4.36. The van der Waals surface area contributed by atoms with E-state index in [1.807, 2.05) is 0 Å². The summed E-state index contributed by atoms with van der Waals surface area (Å²) in [5, 5.41) is 14.8. The number of aliphatic hydroxyl groups excluding tert-OH is 1. The number of ketones is 1. The van der Waals surface area contributed by atoms with Crippen molar-refractivity contribution in [1.29, 1.82) is 0 Å². The first-order valence-corrected chi connectivity index (χ1v) is 9.72. The SMILES string of the molecule is O=C(C1=C(O)C(=O)N(c2nccs2)[C@@H]1c1ccccc1Cl)c1cccs1. The average molecular weight is 403 g/mol. The molecule has 0 aliphatic carbocycles. The number of carbonyl (C=O) groups excluding carboxylic acids is 2. The van der Waals surface area contributed by atoms with Gasteiger partial charge in [0.1, 0.15) is 0 Å².